The summed E-state index contributed by atoms with van der Waals surface area (Å²) >= 11 is 3.36. The van der Waals surface area contributed by atoms with Gasteiger partial charge in [-0.3, -0.25) is 9.89 Å². The van der Waals surface area contributed by atoms with Crippen molar-refractivity contribution in [2.24, 2.45) is 0 Å². The van der Waals surface area contributed by atoms with E-state index in [4.69, 9.17) is 5.73 Å². The number of aromatic nitrogens is 3. The molecule has 1 aromatic carbocycles. The number of nitrogens with one attached hydrogen (secondary N) is 2. The molecule has 8 nitrogen and oxygen atoms in total. The van der Waals surface area contributed by atoms with Crippen LogP contribution in [0.4, 0.5) is 17.1 Å². The second kappa shape index (κ2) is 7.16. The maximum atomic E-state index is 12.7. The summed E-state index contributed by atoms with van der Waals surface area (Å²) in [4.78, 5) is 21.5. The highest BCUT2D eigenvalue weighted by Gasteiger charge is 2.18. The number of H-pyrrole nitrogens is 1. The Balaban J connectivity index is 1.53. The maximum Gasteiger partial charge on any atom is 0.274 e. The van der Waals surface area contributed by atoms with Crippen LogP contribution in [-0.4, -0.2) is 59.2 Å². The Labute approximate surface area is 164 Å². The monoisotopic (exact) mass is 429 g/mol. The van der Waals surface area contributed by atoms with E-state index in [1.165, 1.54) is 0 Å². The maximum absolute atomic E-state index is 12.7. The minimum absolute atomic E-state index is 0.309. The third-order valence-corrected chi connectivity index (χ3v) is 5.19. The van der Waals surface area contributed by atoms with Crippen molar-refractivity contribution in [3.05, 3.63) is 40.6 Å². The molecule has 2 aromatic heterocycles. The van der Waals surface area contributed by atoms with Crippen LogP contribution in [0.2, 0.25) is 0 Å². The van der Waals surface area contributed by atoms with E-state index in [9.17, 15) is 4.79 Å². The highest BCUT2D eigenvalue weighted by Crippen LogP contribution is 2.27. The molecule has 0 atom stereocenters. The van der Waals surface area contributed by atoms with E-state index < -0.39 is 0 Å². The number of carbonyl (C=O) groups is 1. The molecule has 1 aliphatic heterocycles. The molecule has 3 heterocycles. The standard InChI is InChI=1S/C18H20BrN7O/c1-25-4-6-26(7-5-25)12-2-3-15(14(20)9-12)22-18(27)16-13-8-11(19)10-21-17(13)24-23-16/h2-3,8-10H,4-7,20H2,1H3,(H,22,27)(H,21,23,24). The molecule has 1 saturated heterocycles. The van der Waals surface area contributed by atoms with Crippen LogP contribution in [-0.2, 0) is 0 Å². The lowest BCUT2D eigenvalue weighted by Crippen LogP contribution is -2.44. The molecule has 4 rings (SSSR count). The van der Waals surface area contributed by atoms with Gasteiger partial charge in [0.1, 0.15) is 5.69 Å². The van der Waals surface area contributed by atoms with Crippen LogP contribution < -0.4 is 16.0 Å². The molecule has 27 heavy (non-hydrogen) atoms. The van der Waals surface area contributed by atoms with Crippen molar-refractivity contribution in [3.63, 3.8) is 0 Å². The third-order valence-electron chi connectivity index (χ3n) is 4.76. The van der Waals surface area contributed by atoms with Gasteiger partial charge in [0.15, 0.2) is 5.65 Å². The first kappa shape index (κ1) is 17.7. The van der Waals surface area contributed by atoms with E-state index >= 15 is 0 Å². The summed E-state index contributed by atoms with van der Waals surface area (Å²) < 4.78 is 0.779. The summed E-state index contributed by atoms with van der Waals surface area (Å²) in [5, 5.41) is 10.3. The number of nitrogen functional groups attached to an aromatic ring is 1. The number of halogens is 1. The van der Waals surface area contributed by atoms with Crippen molar-refractivity contribution in [1.82, 2.24) is 20.1 Å². The Morgan fingerprint density at radius 1 is 1.26 bits per heavy atom. The number of nitrogens with two attached hydrogens (primary N) is 1. The normalized spacial score (nSPS) is 15.3. The Bertz CT molecular complexity index is 995. The summed E-state index contributed by atoms with van der Waals surface area (Å²) in [5.41, 5.74) is 9.20. The van der Waals surface area contributed by atoms with Crippen molar-refractivity contribution in [2.45, 2.75) is 0 Å². The molecule has 1 amide bonds. The fourth-order valence-corrected chi connectivity index (χ4v) is 3.49. The zero-order chi connectivity index (χ0) is 19.0. The number of pyridine rings is 1. The molecule has 0 spiro atoms. The number of fused-ring (bicyclic) bond motifs is 1. The number of nitrogens with zero attached hydrogens (tertiary/aromatic N) is 4. The summed E-state index contributed by atoms with van der Waals surface area (Å²) in [5.74, 6) is -0.309. The molecule has 1 aliphatic rings. The first-order chi connectivity index (χ1) is 13.0. The van der Waals surface area contributed by atoms with Gasteiger partial charge in [0.25, 0.3) is 5.91 Å². The minimum atomic E-state index is -0.309. The molecule has 1 fully saturated rings. The molecule has 140 valence electrons. The number of piperazine rings is 1. The molecule has 0 saturated carbocycles. The topological polar surface area (TPSA) is 103 Å². The molecule has 9 heteroatoms. The molecular formula is C18H20BrN7O. The van der Waals surface area contributed by atoms with Crippen LogP contribution in [0.3, 0.4) is 0 Å². The fourth-order valence-electron chi connectivity index (χ4n) is 3.16. The van der Waals surface area contributed by atoms with Crippen molar-refractivity contribution in [2.75, 3.05) is 49.2 Å². The first-order valence-electron chi connectivity index (χ1n) is 8.65. The Morgan fingerprint density at radius 3 is 2.78 bits per heavy atom. The first-order valence-corrected chi connectivity index (χ1v) is 9.44. The highest BCUT2D eigenvalue weighted by atomic mass is 79.9. The van der Waals surface area contributed by atoms with Crippen LogP contribution in [0.1, 0.15) is 10.5 Å². The van der Waals surface area contributed by atoms with Crippen LogP contribution >= 0.6 is 15.9 Å². The molecule has 0 unspecified atom stereocenters. The van der Waals surface area contributed by atoms with Crippen molar-refractivity contribution >= 4 is 49.9 Å². The zero-order valence-corrected chi connectivity index (χ0v) is 16.5. The van der Waals surface area contributed by atoms with E-state index in [2.05, 4.69) is 53.3 Å². The van der Waals surface area contributed by atoms with Gasteiger partial charge < -0.3 is 20.9 Å². The lowest BCUT2D eigenvalue weighted by molar-refractivity contribution is 0.102. The lowest BCUT2D eigenvalue weighted by atomic mass is 10.2. The predicted molar refractivity (Wildman–Crippen MR) is 110 cm³/mol. The van der Waals surface area contributed by atoms with Crippen LogP contribution in [0, 0.1) is 0 Å². The average Bonchev–Trinajstić information content (AvgIpc) is 3.07. The minimum Gasteiger partial charge on any atom is -0.397 e. The quantitative estimate of drug-likeness (QED) is 0.551. The van der Waals surface area contributed by atoms with Gasteiger partial charge in [-0.15, -0.1) is 0 Å². The summed E-state index contributed by atoms with van der Waals surface area (Å²) in [6, 6.07) is 7.54. The number of aromatic amines is 1. The lowest BCUT2D eigenvalue weighted by Gasteiger charge is -2.34. The number of hydrogen-bond donors (Lipinski definition) is 3. The van der Waals surface area contributed by atoms with Gasteiger partial charge >= 0.3 is 0 Å². The summed E-state index contributed by atoms with van der Waals surface area (Å²) in [7, 11) is 2.12. The summed E-state index contributed by atoms with van der Waals surface area (Å²) in [6.07, 6.45) is 1.64. The van der Waals surface area contributed by atoms with Crippen LogP contribution in [0.15, 0.2) is 34.9 Å². The Hall–Kier alpha value is -2.65. The van der Waals surface area contributed by atoms with Crippen molar-refractivity contribution in [3.8, 4) is 0 Å². The number of hydrogen-bond acceptors (Lipinski definition) is 6. The third kappa shape index (κ3) is 3.60. The molecular weight excluding hydrogens is 410 g/mol. The number of likely N-dealkylation sites (N-methyl/N-ethyl adjacent to an activating group) is 1. The van der Waals surface area contributed by atoms with Gasteiger partial charge in [0.2, 0.25) is 0 Å². The van der Waals surface area contributed by atoms with Gasteiger partial charge in [-0.05, 0) is 47.2 Å². The Kier molecular flexibility index (Phi) is 4.71. The number of amides is 1. The SMILES string of the molecule is CN1CCN(c2ccc(NC(=O)c3[nH]nc4ncc(Br)cc34)c(N)c2)CC1. The smallest absolute Gasteiger partial charge is 0.274 e. The summed E-state index contributed by atoms with van der Waals surface area (Å²) in [6.45, 7) is 3.97. The Morgan fingerprint density at radius 2 is 2.04 bits per heavy atom. The van der Waals surface area contributed by atoms with Gasteiger partial charge in [0.05, 0.1) is 16.8 Å². The van der Waals surface area contributed by atoms with E-state index in [-0.39, 0.29) is 5.91 Å². The second-order valence-corrected chi connectivity index (χ2v) is 7.55. The zero-order valence-electron chi connectivity index (χ0n) is 14.9. The number of rotatable bonds is 3. The van der Waals surface area contributed by atoms with Gasteiger partial charge in [-0.25, -0.2) is 4.98 Å². The van der Waals surface area contributed by atoms with Crippen molar-refractivity contribution in [1.29, 1.82) is 0 Å². The number of carbonyl (C=O) groups excluding carboxylic acids is 1. The molecule has 3 aromatic rings. The van der Waals surface area contributed by atoms with Gasteiger partial charge in [0, 0.05) is 42.5 Å². The molecule has 0 radical (unpaired) electrons. The van der Waals surface area contributed by atoms with Gasteiger partial charge in [-0.2, -0.15) is 5.10 Å². The van der Waals surface area contributed by atoms with Gasteiger partial charge in [-0.1, -0.05) is 0 Å². The van der Waals surface area contributed by atoms with E-state index in [0.717, 1.165) is 36.3 Å². The van der Waals surface area contributed by atoms with Crippen LogP contribution in [0.25, 0.3) is 11.0 Å². The number of benzene rings is 1. The van der Waals surface area contributed by atoms with E-state index in [1.807, 2.05) is 18.2 Å². The average molecular weight is 430 g/mol. The van der Waals surface area contributed by atoms with E-state index in [1.54, 1.807) is 12.3 Å². The fraction of sp³-hybridized carbons (Fsp3) is 0.278. The molecule has 0 aliphatic carbocycles. The van der Waals surface area contributed by atoms with Crippen molar-refractivity contribution < 1.29 is 4.79 Å². The molecule has 0 bridgehead atoms. The number of anilines is 3. The van der Waals surface area contributed by atoms with Crippen LogP contribution in [0.5, 0.6) is 0 Å². The highest BCUT2D eigenvalue weighted by molar-refractivity contribution is 9.10. The predicted octanol–water partition coefficient (Wildman–Crippen LogP) is 2.31. The molecule has 4 N–H and O–H groups in total. The second-order valence-electron chi connectivity index (χ2n) is 6.64. The largest absolute Gasteiger partial charge is 0.397 e. The van der Waals surface area contributed by atoms with E-state index in [0.29, 0.717) is 28.1 Å².